The van der Waals surface area contributed by atoms with Gasteiger partial charge in [0.05, 0.1) is 11.7 Å². The standard InChI is InChI=1S/C25H37N5O5/c1-8-30-12-15(2)22(33-7)13-29(6)24(31)20-11-19(9-10-21(20)34-14-16(30)3)26-25(32)27-23-17(4)28-35-18(23)5/h9-11,15-16,22H,8,12-14H2,1-7H3,(H2,26,27,32)/t15-,16-,22-/m1/s1. The molecule has 0 saturated heterocycles. The molecular weight excluding hydrogens is 450 g/mol. The highest BCUT2D eigenvalue weighted by Gasteiger charge is 2.28. The molecule has 2 aromatic rings. The van der Waals surface area contributed by atoms with Crippen molar-refractivity contribution < 1.29 is 23.6 Å². The van der Waals surface area contributed by atoms with Crippen LogP contribution in [0.5, 0.6) is 5.75 Å². The van der Waals surface area contributed by atoms with Crippen molar-refractivity contribution in [3.05, 3.63) is 35.2 Å². The Morgan fingerprint density at radius 2 is 1.97 bits per heavy atom. The fraction of sp³-hybridized carbons (Fsp3) is 0.560. The SMILES string of the molecule is CCN1C[C@@H](C)[C@H](OC)CN(C)C(=O)c2cc(NC(=O)Nc3c(C)noc3C)ccc2OC[C@H]1C. The van der Waals surface area contributed by atoms with Crippen molar-refractivity contribution in [1.29, 1.82) is 0 Å². The Kier molecular flexibility index (Phi) is 8.74. The Hall–Kier alpha value is -3.11. The van der Waals surface area contributed by atoms with Gasteiger partial charge in [0.25, 0.3) is 5.91 Å². The predicted octanol–water partition coefficient (Wildman–Crippen LogP) is 3.76. The van der Waals surface area contributed by atoms with Gasteiger partial charge in [0.15, 0.2) is 5.76 Å². The van der Waals surface area contributed by atoms with Gasteiger partial charge in [0, 0.05) is 39.0 Å². The van der Waals surface area contributed by atoms with Crippen LogP contribution in [0.4, 0.5) is 16.2 Å². The Bertz CT molecular complexity index is 1020. The average molecular weight is 488 g/mol. The lowest BCUT2D eigenvalue weighted by molar-refractivity contribution is 0.0116. The summed E-state index contributed by atoms with van der Waals surface area (Å²) >= 11 is 0. The molecule has 3 atom stereocenters. The summed E-state index contributed by atoms with van der Waals surface area (Å²) in [5, 5.41) is 9.36. The summed E-state index contributed by atoms with van der Waals surface area (Å²) in [6, 6.07) is 4.76. The molecule has 1 aliphatic heterocycles. The van der Waals surface area contributed by atoms with Gasteiger partial charge in [0.1, 0.15) is 23.7 Å². The zero-order valence-electron chi connectivity index (χ0n) is 21.7. The molecule has 35 heavy (non-hydrogen) atoms. The van der Waals surface area contributed by atoms with Crippen LogP contribution in [0.1, 0.15) is 42.6 Å². The van der Waals surface area contributed by atoms with Crippen LogP contribution in [0.15, 0.2) is 22.7 Å². The molecule has 0 unspecified atom stereocenters. The topological polar surface area (TPSA) is 109 Å². The molecule has 0 bridgehead atoms. The molecular formula is C25H37N5O5. The maximum atomic E-state index is 13.4. The summed E-state index contributed by atoms with van der Waals surface area (Å²) in [4.78, 5) is 30.0. The molecule has 2 N–H and O–H groups in total. The predicted molar refractivity (Wildman–Crippen MR) is 134 cm³/mol. The average Bonchev–Trinajstić information content (AvgIpc) is 3.15. The van der Waals surface area contributed by atoms with Crippen LogP contribution in [0, 0.1) is 19.8 Å². The van der Waals surface area contributed by atoms with E-state index in [0.717, 1.165) is 13.1 Å². The van der Waals surface area contributed by atoms with E-state index in [1.54, 1.807) is 51.1 Å². The number of aromatic nitrogens is 1. The van der Waals surface area contributed by atoms with Gasteiger partial charge in [-0.25, -0.2) is 4.79 Å². The second-order valence-corrected chi connectivity index (χ2v) is 9.17. The third kappa shape index (κ3) is 6.32. The third-order valence-corrected chi connectivity index (χ3v) is 6.51. The number of rotatable bonds is 4. The van der Waals surface area contributed by atoms with Crippen molar-refractivity contribution in [1.82, 2.24) is 15.0 Å². The van der Waals surface area contributed by atoms with Gasteiger partial charge >= 0.3 is 6.03 Å². The lowest BCUT2D eigenvalue weighted by Gasteiger charge is -2.35. The van der Waals surface area contributed by atoms with Gasteiger partial charge in [-0.05, 0) is 51.4 Å². The number of ether oxygens (including phenoxy) is 2. The summed E-state index contributed by atoms with van der Waals surface area (Å²) in [6.07, 6.45) is -0.115. The van der Waals surface area contributed by atoms with E-state index in [9.17, 15) is 9.59 Å². The van der Waals surface area contributed by atoms with Crippen molar-refractivity contribution in [3.8, 4) is 5.75 Å². The van der Waals surface area contributed by atoms with E-state index >= 15 is 0 Å². The summed E-state index contributed by atoms with van der Waals surface area (Å²) < 4.78 is 17.0. The number of urea groups is 1. The van der Waals surface area contributed by atoms with Crippen molar-refractivity contribution in [3.63, 3.8) is 0 Å². The second-order valence-electron chi connectivity index (χ2n) is 9.17. The van der Waals surface area contributed by atoms with Crippen LogP contribution in [-0.4, -0.2) is 79.4 Å². The van der Waals surface area contributed by atoms with Crippen LogP contribution in [-0.2, 0) is 4.74 Å². The van der Waals surface area contributed by atoms with E-state index in [4.69, 9.17) is 14.0 Å². The van der Waals surface area contributed by atoms with Gasteiger partial charge in [0.2, 0.25) is 0 Å². The highest BCUT2D eigenvalue weighted by atomic mass is 16.5. The maximum Gasteiger partial charge on any atom is 0.323 e. The second kappa shape index (κ2) is 11.5. The Labute approximate surface area is 206 Å². The highest BCUT2D eigenvalue weighted by Crippen LogP contribution is 2.27. The molecule has 0 fully saturated rings. The molecule has 1 aromatic heterocycles. The van der Waals surface area contributed by atoms with E-state index in [1.807, 2.05) is 0 Å². The minimum atomic E-state index is -0.463. The first kappa shape index (κ1) is 26.5. The van der Waals surface area contributed by atoms with E-state index in [-0.39, 0.29) is 24.0 Å². The molecule has 0 aliphatic carbocycles. The van der Waals surface area contributed by atoms with Crippen molar-refractivity contribution in [2.24, 2.45) is 5.92 Å². The van der Waals surface area contributed by atoms with Gasteiger partial charge in [-0.2, -0.15) is 0 Å². The number of methoxy groups -OCH3 is 1. The molecule has 0 saturated carbocycles. The number of carbonyl (C=O) groups is 2. The molecule has 3 amide bonds. The zero-order chi connectivity index (χ0) is 25.7. The number of amides is 3. The molecule has 2 heterocycles. The number of likely N-dealkylation sites (N-methyl/N-ethyl adjacent to an activating group) is 2. The van der Waals surface area contributed by atoms with E-state index < -0.39 is 6.03 Å². The Morgan fingerprint density at radius 1 is 1.23 bits per heavy atom. The molecule has 10 heteroatoms. The lowest BCUT2D eigenvalue weighted by Crippen LogP contribution is -2.46. The Morgan fingerprint density at radius 3 is 2.60 bits per heavy atom. The van der Waals surface area contributed by atoms with E-state index in [0.29, 0.717) is 47.3 Å². The molecule has 0 radical (unpaired) electrons. The third-order valence-electron chi connectivity index (χ3n) is 6.51. The number of hydrogen-bond acceptors (Lipinski definition) is 7. The first-order chi connectivity index (χ1) is 16.6. The number of carbonyl (C=O) groups excluding carboxylic acids is 2. The summed E-state index contributed by atoms with van der Waals surface area (Å²) in [7, 11) is 3.43. The summed E-state index contributed by atoms with van der Waals surface area (Å²) in [5.41, 5.74) is 1.94. The smallest absolute Gasteiger partial charge is 0.323 e. The van der Waals surface area contributed by atoms with Crippen LogP contribution < -0.4 is 15.4 Å². The van der Waals surface area contributed by atoms with Gasteiger partial charge in [-0.3, -0.25) is 9.69 Å². The lowest BCUT2D eigenvalue weighted by atomic mass is 10.0. The molecule has 1 aromatic carbocycles. The van der Waals surface area contributed by atoms with Gasteiger partial charge < -0.3 is 29.5 Å². The quantitative estimate of drug-likeness (QED) is 0.676. The monoisotopic (exact) mass is 487 g/mol. The fourth-order valence-corrected chi connectivity index (χ4v) is 4.31. The normalized spacial score (nSPS) is 22.0. The van der Waals surface area contributed by atoms with Crippen LogP contribution in [0.2, 0.25) is 0 Å². The maximum absolute atomic E-state index is 13.4. The summed E-state index contributed by atoms with van der Waals surface area (Å²) in [5.74, 6) is 1.00. The molecule has 3 rings (SSSR count). The minimum Gasteiger partial charge on any atom is -0.491 e. The molecule has 0 spiro atoms. The van der Waals surface area contributed by atoms with Gasteiger partial charge in [-0.15, -0.1) is 0 Å². The van der Waals surface area contributed by atoms with Crippen molar-refractivity contribution in [2.45, 2.75) is 46.8 Å². The largest absolute Gasteiger partial charge is 0.491 e. The molecule has 10 nitrogen and oxygen atoms in total. The van der Waals surface area contributed by atoms with Crippen LogP contribution in [0.3, 0.4) is 0 Å². The van der Waals surface area contributed by atoms with Gasteiger partial charge in [-0.1, -0.05) is 19.0 Å². The van der Waals surface area contributed by atoms with Crippen LogP contribution in [0.25, 0.3) is 0 Å². The highest BCUT2D eigenvalue weighted by molar-refractivity contribution is 6.02. The number of hydrogen-bond donors (Lipinski definition) is 2. The van der Waals surface area contributed by atoms with E-state index in [1.165, 1.54) is 0 Å². The molecule has 192 valence electrons. The number of nitrogens with zero attached hydrogens (tertiary/aromatic N) is 3. The fourth-order valence-electron chi connectivity index (χ4n) is 4.31. The van der Waals surface area contributed by atoms with E-state index in [2.05, 4.69) is 41.5 Å². The first-order valence-corrected chi connectivity index (χ1v) is 11.9. The van der Waals surface area contributed by atoms with Crippen LogP contribution >= 0.6 is 0 Å². The summed E-state index contributed by atoms with van der Waals surface area (Å²) in [6.45, 7) is 12.5. The number of anilines is 2. The number of aryl methyl sites for hydroxylation is 2. The zero-order valence-corrected chi connectivity index (χ0v) is 21.7. The molecule has 1 aliphatic rings. The number of nitrogens with one attached hydrogen (secondary N) is 2. The Balaban J connectivity index is 1.87. The van der Waals surface area contributed by atoms with Crippen molar-refractivity contribution >= 4 is 23.3 Å². The number of fused-ring (bicyclic) bond motifs is 1. The van der Waals surface area contributed by atoms with Crippen molar-refractivity contribution in [2.75, 3.05) is 51.0 Å². The first-order valence-electron chi connectivity index (χ1n) is 11.9. The minimum absolute atomic E-state index is 0.115. The number of benzene rings is 1.